The van der Waals surface area contributed by atoms with Gasteiger partial charge in [-0.1, -0.05) is 0 Å². The van der Waals surface area contributed by atoms with Gasteiger partial charge < -0.3 is 16.0 Å². The molecule has 5 nitrogen and oxygen atoms in total. The zero-order valence-corrected chi connectivity index (χ0v) is 8.90. The van der Waals surface area contributed by atoms with Crippen molar-refractivity contribution in [2.75, 3.05) is 6.54 Å². The summed E-state index contributed by atoms with van der Waals surface area (Å²) in [5, 5.41) is 2.80. The minimum atomic E-state index is -0.369. The van der Waals surface area contributed by atoms with Crippen molar-refractivity contribution in [2.45, 2.75) is 18.9 Å². The fourth-order valence-corrected chi connectivity index (χ4v) is 1.71. The van der Waals surface area contributed by atoms with E-state index < -0.39 is 0 Å². The second-order valence-corrected chi connectivity index (χ2v) is 4.07. The highest BCUT2D eigenvalue weighted by Gasteiger charge is 2.31. The molecule has 86 valence electrons. The van der Waals surface area contributed by atoms with E-state index in [-0.39, 0.29) is 23.1 Å². The lowest BCUT2D eigenvalue weighted by atomic mass is 10.1. The van der Waals surface area contributed by atoms with Crippen LogP contribution in [-0.2, 0) is 0 Å². The summed E-state index contributed by atoms with van der Waals surface area (Å²) in [4.78, 5) is 25.6. The molecule has 1 aromatic heterocycles. The summed E-state index contributed by atoms with van der Waals surface area (Å²) in [5.74, 6) is 0.140. The average Bonchev–Trinajstić information content (AvgIpc) is 3.10. The van der Waals surface area contributed by atoms with Gasteiger partial charge in [-0.3, -0.25) is 9.59 Å². The molecule has 1 amide bonds. The average molecular weight is 221 g/mol. The Bertz CT molecular complexity index is 437. The van der Waals surface area contributed by atoms with E-state index in [9.17, 15) is 9.59 Å². The lowest BCUT2D eigenvalue weighted by molar-refractivity contribution is 0.0932. The van der Waals surface area contributed by atoms with Gasteiger partial charge in [-0.2, -0.15) is 0 Å². The molecular weight excluding hydrogens is 206 g/mol. The number of carbonyl (C=O) groups excluding carboxylic acids is 1. The second-order valence-electron chi connectivity index (χ2n) is 4.07. The van der Waals surface area contributed by atoms with Gasteiger partial charge in [-0.25, -0.2) is 0 Å². The minimum Gasteiger partial charge on any atom is -0.348 e. The SMILES string of the molecule is NCC(NC(=O)c1ccc[nH]c1=O)C1CC1. The largest absolute Gasteiger partial charge is 0.348 e. The molecule has 1 atom stereocenters. The molecule has 1 heterocycles. The molecule has 0 aromatic carbocycles. The first-order valence-electron chi connectivity index (χ1n) is 5.41. The molecule has 0 saturated heterocycles. The van der Waals surface area contributed by atoms with Gasteiger partial charge >= 0.3 is 0 Å². The van der Waals surface area contributed by atoms with Crippen LogP contribution in [0.5, 0.6) is 0 Å². The van der Waals surface area contributed by atoms with Crippen LogP contribution in [0, 0.1) is 5.92 Å². The molecule has 0 aliphatic heterocycles. The molecular formula is C11H15N3O2. The summed E-state index contributed by atoms with van der Waals surface area (Å²) in [7, 11) is 0. The van der Waals surface area contributed by atoms with Crippen LogP contribution in [0.2, 0.25) is 0 Å². The van der Waals surface area contributed by atoms with Crippen molar-refractivity contribution in [1.82, 2.24) is 10.3 Å². The van der Waals surface area contributed by atoms with Crippen molar-refractivity contribution in [3.8, 4) is 0 Å². The Hall–Kier alpha value is -1.62. The number of nitrogens with one attached hydrogen (secondary N) is 2. The number of nitrogens with two attached hydrogens (primary N) is 1. The summed E-state index contributed by atoms with van der Waals surface area (Å²) in [6.07, 6.45) is 3.71. The predicted molar refractivity (Wildman–Crippen MR) is 60.1 cm³/mol. The molecule has 1 aromatic rings. The van der Waals surface area contributed by atoms with Crippen LogP contribution in [0.15, 0.2) is 23.1 Å². The van der Waals surface area contributed by atoms with Gasteiger partial charge in [0.15, 0.2) is 0 Å². The smallest absolute Gasteiger partial charge is 0.260 e. The van der Waals surface area contributed by atoms with Crippen molar-refractivity contribution in [1.29, 1.82) is 0 Å². The quantitative estimate of drug-likeness (QED) is 0.660. The van der Waals surface area contributed by atoms with Crippen LogP contribution < -0.4 is 16.6 Å². The normalized spacial score (nSPS) is 16.8. The van der Waals surface area contributed by atoms with Gasteiger partial charge in [0.1, 0.15) is 5.56 Å². The van der Waals surface area contributed by atoms with Gasteiger partial charge in [0.25, 0.3) is 11.5 Å². The summed E-state index contributed by atoms with van der Waals surface area (Å²) in [6.45, 7) is 0.418. The summed E-state index contributed by atoms with van der Waals surface area (Å²) >= 11 is 0. The van der Waals surface area contributed by atoms with Crippen molar-refractivity contribution in [2.24, 2.45) is 11.7 Å². The highest BCUT2D eigenvalue weighted by Crippen LogP contribution is 2.32. The Labute approximate surface area is 93.0 Å². The zero-order valence-electron chi connectivity index (χ0n) is 8.90. The molecule has 1 unspecified atom stereocenters. The molecule has 5 heteroatoms. The maximum Gasteiger partial charge on any atom is 0.260 e. The molecule has 4 N–H and O–H groups in total. The van der Waals surface area contributed by atoms with Crippen LogP contribution in [0.25, 0.3) is 0 Å². The molecule has 0 bridgehead atoms. The van der Waals surface area contributed by atoms with E-state index in [0.717, 1.165) is 12.8 Å². The van der Waals surface area contributed by atoms with E-state index in [2.05, 4.69) is 10.3 Å². The van der Waals surface area contributed by atoms with E-state index in [1.807, 2.05) is 0 Å². The van der Waals surface area contributed by atoms with E-state index in [0.29, 0.717) is 12.5 Å². The highest BCUT2D eigenvalue weighted by atomic mass is 16.2. The summed E-state index contributed by atoms with van der Waals surface area (Å²) < 4.78 is 0. The zero-order chi connectivity index (χ0) is 11.5. The Balaban J connectivity index is 2.07. The second kappa shape index (κ2) is 4.49. The van der Waals surface area contributed by atoms with Gasteiger partial charge in [-0.15, -0.1) is 0 Å². The van der Waals surface area contributed by atoms with Crippen LogP contribution in [0.3, 0.4) is 0 Å². The van der Waals surface area contributed by atoms with Gasteiger partial charge in [0, 0.05) is 18.8 Å². The summed E-state index contributed by atoms with van der Waals surface area (Å²) in [6, 6.07) is 3.13. The highest BCUT2D eigenvalue weighted by molar-refractivity contribution is 5.93. The molecule has 1 aliphatic carbocycles. The number of aromatic nitrogens is 1. The van der Waals surface area contributed by atoms with Gasteiger partial charge in [0.05, 0.1) is 0 Å². The molecule has 2 rings (SSSR count). The number of rotatable bonds is 4. The number of aromatic amines is 1. The number of amides is 1. The summed E-state index contributed by atoms with van der Waals surface area (Å²) in [5.41, 5.74) is 5.35. The minimum absolute atomic E-state index is 0.00731. The Kier molecular flexibility index (Phi) is 3.05. The number of H-pyrrole nitrogens is 1. The van der Waals surface area contributed by atoms with E-state index in [1.165, 1.54) is 12.3 Å². The maximum absolute atomic E-state index is 11.8. The fourth-order valence-electron chi connectivity index (χ4n) is 1.71. The van der Waals surface area contributed by atoms with Crippen molar-refractivity contribution in [3.63, 3.8) is 0 Å². The standard InChI is InChI=1S/C11H15N3O2/c12-6-9(7-3-4-7)14-11(16)8-2-1-5-13-10(8)15/h1-2,5,7,9H,3-4,6,12H2,(H,13,15)(H,14,16). The van der Waals surface area contributed by atoms with E-state index in [1.54, 1.807) is 6.07 Å². The molecule has 16 heavy (non-hydrogen) atoms. The number of carbonyl (C=O) groups is 1. The third-order valence-electron chi connectivity index (χ3n) is 2.82. The topological polar surface area (TPSA) is 88.0 Å². The number of hydrogen-bond donors (Lipinski definition) is 3. The first-order chi connectivity index (χ1) is 7.72. The number of pyridine rings is 1. The molecule has 1 saturated carbocycles. The van der Waals surface area contributed by atoms with E-state index >= 15 is 0 Å². The Morgan fingerprint density at radius 3 is 2.94 bits per heavy atom. The van der Waals surface area contributed by atoms with Crippen molar-refractivity contribution < 1.29 is 4.79 Å². The maximum atomic E-state index is 11.8. The van der Waals surface area contributed by atoms with E-state index in [4.69, 9.17) is 5.73 Å². The van der Waals surface area contributed by atoms with Crippen LogP contribution in [-0.4, -0.2) is 23.5 Å². The molecule has 1 fully saturated rings. The third kappa shape index (κ3) is 2.30. The Morgan fingerprint density at radius 1 is 1.62 bits per heavy atom. The first kappa shape index (κ1) is 10.9. The van der Waals surface area contributed by atoms with Crippen LogP contribution in [0.4, 0.5) is 0 Å². The molecule has 0 spiro atoms. The van der Waals surface area contributed by atoms with Crippen LogP contribution in [0.1, 0.15) is 23.2 Å². The van der Waals surface area contributed by atoms with Gasteiger partial charge in [0.2, 0.25) is 0 Å². The fraction of sp³-hybridized carbons (Fsp3) is 0.455. The molecule has 0 radical (unpaired) electrons. The van der Waals surface area contributed by atoms with Crippen molar-refractivity contribution in [3.05, 3.63) is 34.2 Å². The predicted octanol–water partition coefficient (Wildman–Crippen LogP) is -0.158. The lowest BCUT2D eigenvalue weighted by Gasteiger charge is -2.15. The van der Waals surface area contributed by atoms with Crippen molar-refractivity contribution >= 4 is 5.91 Å². The third-order valence-corrected chi connectivity index (χ3v) is 2.82. The first-order valence-corrected chi connectivity index (χ1v) is 5.41. The molecule has 1 aliphatic rings. The van der Waals surface area contributed by atoms with Crippen LogP contribution >= 0.6 is 0 Å². The Morgan fingerprint density at radius 2 is 2.38 bits per heavy atom. The lowest BCUT2D eigenvalue weighted by Crippen LogP contribution is -2.43. The number of hydrogen-bond acceptors (Lipinski definition) is 3. The van der Waals surface area contributed by atoms with Gasteiger partial charge in [-0.05, 0) is 30.9 Å². The monoisotopic (exact) mass is 221 g/mol.